The molecule has 4 N–H and O–H groups in total. The molecule has 58 heavy (non-hydrogen) atoms. The fraction of sp³-hybridized carbons (Fsp3) is 0.488. The van der Waals surface area contributed by atoms with Crippen LogP contribution in [0, 0.1) is 5.82 Å². The lowest BCUT2D eigenvalue weighted by Crippen LogP contribution is -2.48. The fourth-order valence-corrected chi connectivity index (χ4v) is 4.95. The summed E-state index contributed by atoms with van der Waals surface area (Å²) in [5.74, 6) is -1.39. The number of carbonyl (C=O) groups excluding carboxylic acids is 5. The van der Waals surface area contributed by atoms with Crippen LogP contribution in [0.1, 0.15) is 111 Å². The molecule has 0 fully saturated rings. The van der Waals surface area contributed by atoms with Crippen molar-refractivity contribution in [2.45, 2.75) is 118 Å². The second kappa shape index (κ2) is 19.0. The van der Waals surface area contributed by atoms with Crippen molar-refractivity contribution in [3.05, 3.63) is 71.0 Å². The summed E-state index contributed by atoms with van der Waals surface area (Å²) in [7, 11) is 0. The minimum Gasteiger partial charge on any atom is -0.444 e. The first kappa shape index (κ1) is 46.4. The van der Waals surface area contributed by atoms with Crippen molar-refractivity contribution < 1.29 is 47.3 Å². The molecule has 17 heteroatoms. The molecule has 2 aromatic carbocycles. The molecule has 1 aliphatic rings. The van der Waals surface area contributed by atoms with Gasteiger partial charge in [0.15, 0.2) is 0 Å². The van der Waals surface area contributed by atoms with E-state index in [0.717, 1.165) is 6.07 Å². The van der Waals surface area contributed by atoms with Gasteiger partial charge < -0.3 is 34.5 Å². The van der Waals surface area contributed by atoms with E-state index in [9.17, 15) is 24.0 Å². The van der Waals surface area contributed by atoms with Crippen molar-refractivity contribution in [3.8, 4) is 0 Å². The molecule has 0 saturated heterocycles. The minimum atomic E-state index is -0.916. The van der Waals surface area contributed by atoms with Crippen LogP contribution in [0.2, 0.25) is 0 Å². The van der Waals surface area contributed by atoms with Gasteiger partial charge >= 0.3 is 24.4 Å². The molecule has 0 radical (unpaired) electrons. The number of hydrogen-bond donors (Lipinski definition) is 4. The van der Waals surface area contributed by atoms with E-state index in [-0.39, 0.29) is 37.1 Å². The molecule has 0 bridgehead atoms. The molecule has 0 spiro atoms. The lowest BCUT2D eigenvalue weighted by Gasteiger charge is -2.30. The van der Waals surface area contributed by atoms with E-state index in [1.54, 1.807) is 118 Å². The molecule has 0 aliphatic carbocycles. The molecule has 0 saturated carbocycles. The van der Waals surface area contributed by atoms with E-state index in [1.807, 2.05) is 0 Å². The Labute approximate surface area is 339 Å². The first-order chi connectivity index (χ1) is 26.6. The number of anilines is 1. The number of aliphatic imine (C=N–C) groups is 2. The first-order valence-corrected chi connectivity index (χ1v) is 18.7. The maximum atomic E-state index is 15.5. The summed E-state index contributed by atoms with van der Waals surface area (Å²) in [6.45, 7) is 20.9. The number of guanidine groups is 2. The van der Waals surface area contributed by atoms with Crippen LogP contribution in [0.15, 0.2) is 58.5 Å². The Balaban J connectivity index is 1.67. The van der Waals surface area contributed by atoms with Gasteiger partial charge in [-0.05, 0) is 125 Å². The summed E-state index contributed by atoms with van der Waals surface area (Å²) in [6, 6.07) is 10.9. The van der Waals surface area contributed by atoms with Gasteiger partial charge in [0.05, 0.1) is 0 Å². The Morgan fingerprint density at radius 3 is 1.74 bits per heavy atom. The number of benzene rings is 2. The van der Waals surface area contributed by atoms with Crippen LogP contribution in [-0.4, -0.2) is 82.6 Å². The molecule has 3 rings (SSSR count). The normalized spacial score (nSPS) is 14.1. The maximum absolute atomic E-state index is 15.5. The number of ether oxygens (including phenoxy) is 4. The number of carbonyl (C=O) groups is 5. The second-order valence-electron chi connectivity index (χ2n) is 17.2. The smallest absolute Gasteiger partial charge is 0.437 e. The van der Waals surface area contributed by atoms with Gasteiger partial charge in [-0.2, -0.15) is 0 Å². The van der Waals surface area contributed by atoms with Crippen molar-refractivity contribution in [1.82, 2.24) is 20.9 Å². The highest BCUT2D eigenvalue weighted by atomic mass is 19.1. The average molecular weight is 810 g/mol. The number of amides is 5. The highest BCUT2D eigenvalue weighted by molar-refractivity contribution is 6.04. The van der Waals surface area contributed by atoms with Gasteiger partial charge in [0.2, 0.25) is 11.9 Å². The molecule has 2 aromatic rings. The molecule has 16 nitrogen and oxygen atoms in total. The average Bonchev–Trinajstić information content (AvgIpc) is 3.04. The summed E-state index contributed by atoms with van der Waals surface area (Å²) in [5.41, 5.74) is -0.998. The molecule has 0 unspecified atom stereocenters. The summed E-state index contributed by atoms with van der Waals surface area (Å²) in [4.78, 5) is 72.4. The van der Waals surface area contributed by atoms with E-state index in [0.29, 0.717) is 28.8 Å². The molecule has 1 heterocycles. The number of nitrogens with zero attached hydrogens (tertiary/aromatic N) is 3. The Hall–Kier alpha value is -6.00. The number of rotatable bonds is 5. The molecule has 0 aromatic heterocycles. The van der Waals surface area contributed by atoms with Gasteiger partial charge in [-0.15, -0.1) is 9.98 Å². The van der Waals surface area contributed by atoms with E-state index in [2.05, 4.69) is 31.3 Å². The summed E-state index contributed by atoms with van der Waals surface area (Å²) in [5, 5.41) is 10.6. The molecule has 1 aliphatic heterocycles. The third-order valence-electron chi connectivity index (χ3n) is 7.18. The third-order valence-corrected chi connectivity index (χ3v) is 7.18. The number of nitrogens with one attached hydrogen (secondary N) is 4. The van der Waals surface area contributed by atoms with Gasteiger partial charge in [0, 0.05) is 36.4 Å². The monoisotopic (exact) mass is 809 g/mol. The van der Waals surface area contributed by atoms with Crippen LogP contribution in [0.5, 0.6) is 0 Å². The Kier molecular flexibility index (Phi) is 15.2. The van der Waals surface area contributed by atoms with Crippen LogP contribution in [0.4, 0.5) is 29.3 Å². The minimum absolute atomic E-state index is 0.0671. The number of alkyl carbamates (subject to hydrolysis) is 2. The summed E-state index contributed by atoms with van der Waals surface area (Å²) >= 11 is 0. The van der Waals surface area contributed by atoms with Crippen LogP contribution in [0.25, 0.3) is 5.57 Å². The zero-order valence-corrected chi connectivity index (χ0v) is 35.3. The highest BCUT2D eigenvalue weighted by Crippen LogP contribution is 2.26. The molecule has 316 valence electrons. The van der Waals surface area contributed by atoms with Crippen molar-refractivity contribution in [3.63, 3.8) is 0 Å². The number of hydrogen-bond acceptors (Lipinski definition) is 9. The predicted octanol–water partition coefficient (Wildman–Crippen LogP) is 7.89. The standard InChI is InChI=1S/C41H56FN7O9/c1-38(2,3)55-34(51)45-32(46-35(52)56-39(4,5)6)43-24-25-13-16-28(17-14-25)44-31(50)27-15-18-29(30(42)23-27)26-19-21-49(22-20-26)33(47-36(53)57-40(7,8)9)48-37(54)58-41(10,11)12/h13-19,23H,20-22,24H2,1-12H3,(H,44,50)(H,47,48,53,54)(H2,43,45,46,51,52). The zero-order valence-electron chi connectivity index (χ0n) is 35.3. The second-order valence-corrected chi connectivity index (χ2v) is 17.2. The van der Waals surface area contributed by atoms with Gasteiger partial charge in [-0.1, -0.05) is 24.3 Å². The highest BCUT2D eigenvalue weighted by Gasteiger charge is 2.26. The molecule has 0 atom stereocenters. The summed E-state index contributed by atoms with van der Waals surface area (Å²) in [6.07, 6.45) is -1.36. The first-order valence-electron chi connectivity index (χ1n) is 18.7. The van der Waals surface area contributed by atoms with Crippen molar-refractivity contribution >= 4 is 53.5 Å². The third kappa shape index (κ3) is 17.0. The molecule has 5 amide bonds. The van der Waals surface area contributed by atoms with Crippen LogP contribution < -0.4 is 21.3 Å². The predicted molar refractivity (Wildman–Crippen MR) is 218 cm³/mol. The van der Waals surface area contributed by atoms with E-state index in [1.165, 1.54) is 12.1 Å². The lowest BCUT2D eigenvalue weighted by atomic mass is 9.97. The summed E-state index contributed by atoms with van der Waals surface area (Å²) < 4.78 is 36.6. The van der Waals surface area contributed by atoms with Crippen LogP contribution in [0.3, 0.4) is 0 Å². The van der Waals surface area contributed by atoms with Crippen LogP contribution >= 0.6 is 0 Å². The van der Waals surface area contributed by atoms with Crippen molar-refractivity contribution in [1.29, 1.82) is 0 Å². The van der Waals surface area contributed by atoms with Crippen LogP contribution in [-0.2, 0) is 25.5 Å². The Bertz CT molecular complexity index is 1930. The zero-order chi connectivity index (χ0) is 43.6. The van der Waals surface area contributed by atoms with Crippen molar-refractivity contribution in [2.75, 3.05) is 18.4 Å². The lowest BCUT2D eigenvalue weighted by molar-refractivity contribution is 0.0539. The quantitative estimate of drug-likeness (QED) is 0.130. The van der Waals surface area contributed by atoms with Crippen molar-refractivity contribution in [2.24, 2.45) is 9.98 Å². The SMILES string of the molecule is CC(C)(C)OC(=O)N=C(NCc1ccc(NC(=O)c2ccc(C3=CCN(C(=NC(=O)OC(C)(C)C)NC(=O)OC(C)(C)C)CC3)c(F)c2)cc1)NC(=O)OC(C)(C)C. The largest absolute Gasteiger partial charge is 0.444 e. The number of halogens is 1. The topological polar surface area (TPSA) is 198 Å². The van der Waals surface area contributed by atoms with E-state index < -0.39 is 58.5 Å². The van der Waals surface area contributed by atoms with E-state index in [4.69, 9.17) is 18.9 Å². The fourth-order valence-electron chi connectivity index (χ4n) is 4.95. The van der Waals surface area contributed by atoms with E-state index >= 15 is 4.39 Å². The molecular weight excluding hydrogens is 753 g/mol. The Morgan fingerprint density at radius 2 is 1.24 bits per heavy atom. The maximum Gasteiger partial charge on any atom is 0.437 e. The van der Waals surface area contributed by atoms with Gasteiger partial charge in [0.25, 0.3) is 5.91 Å². The van der Waals surface area contributed by atoms with Gasteiger partial charge in [-0.3, -0.25) is 15.4 Å². The Morgan fingerprint density at radius 1 is 0.707 bits per heavy atom. The molecular formula is C41H56FN7O9. The van der Waals surface area contributed by atoms with Gasteiger partial charge in [0.1, 0.15) is 28.2 Å². The van der Waals surface area contributed by atoms with Gasteiger partial charge in [-0.25, -0.2) is 23.6 Å².